The van der Waals surface area contributed by atoms with Crippen LogP contribution in [-0.4, -0.2) is 17.1 Å². The highest BCUT2D eigenvalue weighted by atomic mass is 16.5. The smallest absolute Gasteiger partial charge is 0.159 e. The van der Waals surface area contributed by atoms with Crippen LogP contribution in [0.2, 0.25) is 0 Å². The normalized spacial score (nSPS) is 13.2. The molecule has 1 atom stereocenters. The summed E-state index contributed by atoms with van der Waals surface area (Å²) in [5.41, 5.74) is 6.52. The fourth-order valence-corrected chi connectivity index (χ4v) is 1.42. The molecule has 2 N–H and O–H groups in total. The van der Waals surface area contributed by atoms with E-state index in [-0.39, 0.29) is 6.10 Å². The number of nitrogen functional groups attached to an aromatic ring is 1. The van der Waals surface area contributed by atoms with Crippen LogP contribution in [0, 0.1) is 12.8 Å². The number of hydrogen-bond acceptors (Lipinski definition) is 4. The van der Waals surface area contributed by atoms with E-state index >= 15 is 0 Å². The molecule has 4 nitrogen and oxygen atoms in total. The standard InChI is InChI=1S/C10H17N3O/c1-6(2)9(14-4)10-12-7(3)5-8(11)13-10/h5-6,9H,1-4H3,(H2,11,12,13). The predicted octanol–water partition coefficient (Wildman–Crippen LogP) is 1.71. The lowest BCUT2D eigenvalue weighted by atomic mass is 10.1. The van der Waals surface area contributed by atoms with E-state index in [2.05, 4.69) is 23.8 Å². The SMILES string of the molecule is COC(c1nc(C)cc(N)n1)C(C)C. The maximum Gasteiger partial charge on any atom is 0.159 e. The third-order valence-corrected chi connectivity index (χ3v) is 2.01. The van der Waals surface area contributed by atoms with Crippen molar-refractivity contribution in [1.82, 2.24) is 9.97 Å². The minimum atomic E-state index is -0.0859. The van der Waals surface area contributed by atoms with E-state index in [1.807, 2.05) is 6.92 Å². The zero-order chi connectivity index (χ0) is 10.7. The lowest BCUT2D eigenvalue weighted by Gasteiger charge is -2.18. The molecule has 0 aromatic carbocycles. The number of hydrogen-bond donors (Lipinski definition) is 1. The summed E-state index contributed by atoms with van der Waals surface area (Å²) in [7, 11) is 1.66. The van der Waals surface area contributed by atoms with E-state index in [9.17, 15) is 0 Å². The minimum Gasteiger partial charge on any atom is -0.384 e. The zero-order valence-electron chi connectivity index (χ0n) is 9.11. The second-order valence-corrected chi connectivity index (χ2v) is 3.69. The fourth-order valence-electron chi connectivity index (χ4n) is 1.42. The number of anilines is 1. The molecule has 0 saturated heterocycles. The summed E-state index contributed by atoms with van der Waals surface area (Å²) in [5.74, 6) is 1.50. The average molecular weight is 195 g/mol. The molecule has 0 saturated carbocycles. The molecule has 0 bridgehead atoms. The highest BCUT2D eigenvalue weighted by Crippen LogP contribution is 2.22. The number of rotatable bonds is 3. The van der Waals surface area contributed by atoms with Gasteiger partial charge >= 0.3 is 0 Å². The number of aryl methyl sites for hydroxylation is 1. The first-order valence-electron chi connectivity index (χ1n) is 4.68. The van der Waals surface area contributed by atoms with Crippen molar-refractivity contribution in [3.05, 3.63) is 17.6 Å². The molecule has 1 unspecified atom stereocenters. The van der Waals surface area contributed by atoms with Gasteiger partial charge in [0.25, 0.3) is 0 Å². The topological polar surface area (TPSA) is 61.0 Å². The Hall–Kier alpha value is -1.16. The third-order valence-electron chi connectivity index (χ3n) is 2.01. The Labute approximate surface area is 84.5 Å². The van der Waals surface area contributed by atoms with Gasteiger partial charge < -0.3 is 10.5 Å². The van der Waals surface area contributed by atoms with Gasteiger partial charge in [-0.2, -0.15) is 0 Å². The van der Waals surface area contributed by atoms with E-state index in [1.54, 1.807) is 13.2 Å². The van der Waals surface area contributed by atoms with Gasteiger partial charge in [0.2, 0.25) is 0 Å². The molecule has 0 spiro atoms. The summed E-state index contributed by atoms with van der Waals surface area (Å²) < 4.78 is 5.33. The second kappa shape index (κ2) is 4.37. The zero-order valence-corrected chi connectivity index (χ0v) is 9.11. The van der Waals surface area contributed by atoms with Crippen molar-refractivity contribution in [1.29, 1.82) is 0 Å². The molecule has 0 aliphatic rings. The lowest BCUT2D eigenvalue weighted by molar-refractivity contribution is 0.0574. The van der Waals surface area contributed by atoms with E-state index in [4.69, 9.17) is 10.5 Å². The highest BCUT2D eigenvalue weighted by molar-refractivity contribution is 5.29. The van der Waals surface area contributed by atoms with Crippen molar-refractivity contribution in [3.63, 3.8) is 0 Å². The molecule has 1 aromatic rings. The number of nitrogens with zero attached hydrogens (tertiary/aromatic N) is 2. The van der Waals surface area contributed by atoms with Crippen LogP contribution >= 0.6 is 0 Å². The Bertz CT molecular complexity index is 292. The Kier molecular flexibility index (Phi) is 3.41. The van der Waals surface area contributed by atoms with Crippen molar-refractivity contribution < 1.29 is 4.74 Å². The van der Waals surface area contributed by atoms with Gasteiger partial charge in [-0.15, -0.1) is 0 Å². The molecule has 1 heterocycles. The maximum atomic E-state index is 5.65. The first-order valence-corrected chi connectivity index (χ1v) is 4.68. The summed E-state index contributed by atoms with van der Waals surface area (Å²) >= 11 is 0. The van der Waals surface area contributed by atoms with Gasteiger partial charge in [-0.05, 0) is 12.8 Å². The predicted molar refractivity (Wildman–Crippen MR) is 55.8 cm³/mol. The van der Waals surface area contributed by atoms with E-state index in [0.717, 1.165) is 5.69 Å². The first-order chi connectivity index (χ1) is 6.54. The van der Waals surface area contributed by atoms with Gasteiger partial charge in [-0.3, -0.25) is 0 Å². The van der Waals surface area contributed by atoms with Crippen molar-refractivity contribution in [2.45, 2.75) is 26.9 Å². The molecule has 0 aliphatic carbocycles. The quantitative estimate of drug-likeness (QED) is 0.797. The lowest BCUT2D eigenvalue weighted by Crippen LogP contribution is -2.14. The van der Waals surface area contributed by atoms with E-state index in [0.29, 0.717) is 17.6 Å². The molecule has 0 fully saturated rings. The third kappa shape index (κ3) is 2.42. The maximum absolute atomic E-state index is 5.65. The fraction of sp³-hybridized carbons (Fsp3) is 0.600. The molecular formula is C10H17N3O. The van der Waals surface area contributed by atoms with Crippen molar-refractivity contribution in [2.75, 3.05) is 12.8 Å². The summed E-state index contributed by atoms with van der Waals surface area (Å²) in [4.78, 5) is 8.48. The van der Waals surface area contributed by atoms with Gasteiger partial charge in [0, 0.05) is 18.9 Å². The molecular weight excluding hydrogens is 178 g/mol. The summed E-state index contributed by atoms with van der Waals surface area (Å²) in [6.07, 6.45) is -0.0859. The summed E-state index contributed by atoms with van der Waals surface area (Å²) in [5, 5.41) is 0. The monoisotopic (exact) mass is 195 g/mol. The Morgan fingerprint density at radius 2 is 2.00 bits per heavy atom. The van der Waals surface area contributed by atoms with Crippen LogP contribution in [-0.2, 0) is 4.74 Å². The number of methoxy groups -OCH3 is 1. The number of ether oxygens (including phenoxy) is 1. The van der Waals surface area contributed by atoms with Gasteiger partial charge in [-0.25, -0.2) is 9.97 Å². The number of nitrogens with two attached hydrogens (primary N) is 1. The van der Waals surface area contributed by atoms with E-state index < -0.39 is 0 Å². The largest absolute Gasteiger partial charge is 0.384 e. The summed E-state index contributed by atoms with van der Waals surface area (Å²) in [6.45, 7) is 6.03. The van der Waals surface area contributed by atoms with Crippen LogP contribution < -0.4 is 5.73 Å². The molecule has 0 aliphatic heterocycles. The summed E-state index contributed by atoms with van der Waals surface area (Å²) in [6, 6.07) is 1.75. The van der Waals surface area contributed by atoms with Crippen LogP contribution in [0.3, 0.4) is 0 Å². The van der Waals surface area contributed by atoms with Gasteiger partial charge in [0.15, 0.2) is 5.82 Å². The first kappa shape index (κ1) is 10.9. The van der Waals surface area contributed by atoms with Crippen LogP contribution in [0.5, 0.6) is 0 Å². The van der Waals surface area contributed by atoms with Crippen molar-refractivity contribution in [3.8, 4) is 0 Å². The minimum absolute atomic E-state index is 0.0859. The molecule has 0 amide bonds. The molecule has 1 rings (SSSR count). The van der Waals surface area contributed by atoms with Crippen LogP contribution in [0.4, 0.5) is 5.82 Å². The molecule has 4 heteroatoms. The molecule has 1 aromatic heterocycles. The highest BCUT2D eigenvalue weighted by Gasteiger charge is 2.18. The molecule has 14 heavy (non-hydrogen) atoms. The average Bonchev–Trinajstić information content (AvgIpc) is 2.02. The number of aromatic nitrogens is 2. The molecule has 78 valence electrons. The Balaban J connectivity index is 3.04. The Morgan fingerprint density at radius 3 is 2.43 bits per heavy atom. The van der Waals surface area contributed by atoms with Gasteiger partial charge in [0.1, 0.15) is 11.9 Å². The van der Waals surface area contributed by atoms with Crippen molar-refractivity contribution in [2.24, 2.45) is 5.92 Å². The second-order valence-electron chi connectivity index (χ2n) is 3.69. The van der Waals surface area contributed by atoms with E-state index in [1.165, 1.54) is 0 Å². The van der Waals surface area contributed by atoms with Crippen LogP contribution in [0.25, 0.3) is 0 Å². The molecule has 0 radical (unpaired) electrons. The van der Waals surface area contributed by atoms with Crippen LogP contribution in [0.15, 0.2) is 6.07 Å². The van der Waals surface area contributed by atoms with Gasteiger partial charge in [-0.1, -0.05) is 13.8 Å². The van der Waals surface area contributed by atoms with Crippen LogP contribution in [0.1, 0.15) is 31.5 Å². The van der Waals surface area contributed by atoms with Crippen molar-refractivity contribution >= 4 is 5.82 Å². The van der Waals surface area contributed by atoms with Gasteiger partial charge in [0.05, 0.1) is 0 Å². The Morgan fingerprint density at radius 1 is 1.36 bits per heavy atom.